The topological polar surface area (TPSA) is 66.3 Å². The van der Waals surface area contributed by atoms with Crippen molar-refractivity contribution in [1.82, 2.24) is 14.9 Å². The smallest absolute Gasteiger partial charge is 0.246 e. The Morgan fingerprint density at radius 1 is 1.09 bits per heavy atom. The van der Waals surface area contributed by atoms with Crippen LogP contribution in [0.4, 0.5) is 0 Å². The number of aromatic nitrogens is 2. The average Bonchev–Trinajstić information content (AvgIpc) is 3.07. The molecule has 0 radical (unpaired) electrons. The van der Waals surface area contributed by atoms with Crippen LogP contribution in [0.1, 0.15) is 51.5 Å². The molecule has 1 amide bonds. The second-order valence-corrected chi connectivity index (χ2v) is 11.3. The third kappa shape index (κ3) is 2.97. The monoisotopic (exact) mass is 443 g/mol. The number of fused-ring (bicyclic) bond motifs is 6. The van der Waals surface area contributed by atoms with Gasteiger partial charge in [0.15, 0.2) is 0 Å². The highest BCUT2D eigenvalue weighted by molar-refractivity contribution is 5.89. The molecule has 3 aliphatic carbocycles. The second kappa shape index (κ2) is 7.23. The fourth-order valence-electron chi connectivity index (χ4n) is 8.02. The highest BCUT2D eigenvalue weighted by Crippen LogP contribution is 2.65. The van der Waals surface area contributed by atoms with Crippen LogP contribution in [0.3, 0.4) is 0 Å². The van der Waals surface area contributed by atoms with Crippen molar-refractivity contribution in [2.45, 2.75) is 58.1 Å². The summed E-state index contributed by atoms with van der Waals surface area (Å²) in [4.78, 5) is 23.1. The fraction of sp³-hybridized carbons (Fsp3) is 0.536. The summed E-state index contributed by atoms with van der Waals surface area (Å²) in [6, 6.07) is 6.45. The van der Waals surface area contributed by atoms with E-state index in [0.29, 0.717) is 23.8 Å². The van der Waals surface area contributed by atoms with Gasteiger partial charge < -0.3 is 10.0 Å². The van der Waals surface area contributed by atoms with Crippen LogP contribution in [-0.2, 0) is 4.79 Å². The van der Waals surface area contributed by atoms with Crippen LogP contribution in [-0.4, -0.2) is 45.1 Å². The van der Waals surface area contributed by atoms with Gasteiger partial charge in [-0.2, -0.15) is 0 Å². The lowest BCUT2D eigenvalue weighted by Gasteiger charge is -2.59. The lowest BCUT2D eigenvalue weighted by Crippen LogP contribution is -2.59. The molecule has 1 N–H and O–H groups in total. The first-order chi connectivity index (χ1) is 15.8. The SMILES string of the molecule is CN1C(=O)C=C[C@]2(C)[C@H]3CC[C@]4(C)[C@@H](O)/C(=C/c5ccc6nccnc6c5)C[C@H]4[C@@H]3CC[C@@H]12. The van der Waals surface area contributed by atoms with Crippen molar-refractivity contribution in [1.29, 1.82) is 0 Å². The van der Waals surface area contributed by atoms with Gasteiger partial charge in [-0.15, -0.1) is 0 Å². The summed E-state index contributed by atoms with van der Waals surface area (Å²) in [6.45, 7) is 4.68. The number of carbonyl (C=O) groups is 1. The first-order valence-corrected chi connectivity index (χ1v) is 12.4. The second-order valence-electron chi connectivity index (χ2n) is 11.3. The Morgan fingerprint density at radius 3 is 2.70 bits per heavy atom. The molecule has 4 aliphatic rings. The van der Waals surface area contributed by atoms with Gasteiger partial charge in [0, 0.05) is 36.3 Å². The molecule has 0 unspecified atom stereocenters. The molecular formula is C28H33N3O2. The van der Waals surface area contributed by atoms with E-state index in [9.17, 15) is 9.90 Å². The fourth-order valence-corrected chi connectivity index (χ4v) is 8.02. The molecule has 0 bridgehead atoms. The number of carbonyl (C=O) groups excluding carboxylic acids is 1. The Bertz CT molecular complexity index is 1190. The van der Waals surface area contributed by atoms with Gasteiger partial charge in [-0.25, -0.2) is 0 Å². The molecule has 5 heteroatoms. The Kier molecular flexibility index (Phi) is 4.61. The lowest BCUT2D eigenvalue weighted by atomic mass is 9.48. The van der Waals surface area contributed by atoms with Crippen LogP contribution in [0.2, 0.25) is 0 Å². The van der Waals surface area contributed by atoms with Crippen molar-refractivity contribution in [3.05, 3.63) is 53.9 Å². The summed E-state index contributed by atoms with van der Waals surface area (Å²) in [7, 11) is 1.97. The molecule has 5 nitrogen and oxygen atoms in total. The number of benzene rings is 1. The molecule has 1 aliphatic heterocycles. The van der Waals surface area contributed by atoms with Crippen LogP contribution in [0.15, 0.2) is 48.3 Å². The van der Waals surface area contributed by atoms with E-state index in [0.717, 1.165) is 54.3 Å². The zero-order chi connectivity index (χ0) is 23.0. The maximum absolute atomic E-state index is 12.3. The standard InChI is InChI=1S/C28H33N3O2/c1-27-11-9-25(32)31(3)24(27)7-5-19-20(27)8-10-28(2)21(19)16-18(26(28)33)14-17-4-6-22-23(15-17)30-13-12-29-22/h4,6,9,11-15,19-21,24,26,33H,5,7-8,10,16H2,1-3H3/b18-14+/t19-,20+,21+,24-,26+,27-,28+/m1/s1. The zero-order valence-corrected chi connectivity index (χ0v) is 19.7. The van der Waals surface area contributed by atoms with Gasteiger partial charge in [-0.3, -0.25) is 14.8 Å². The summed E-state index contributed by atoms with van der Waals surface area (Å²) in [5, 5.41) is 11.5. The van der Waals surface area contributed by atoms with Crippen LogP contribution < -0.4 is 0 Å². The maximum Gasteiger partial charge on any atom is 0.246 e. The molecule has 3 saturated carbocycles. The minimum Gasteiger partial charge on any atom is -0.388 e. The van der Waals surface area contributed by atoms with E-state index in [-0.39, 0.29) is 16.7 Å². The van der Waals surface area contributed by atoms with Gasteiger partial charge in [0.05, 0.1) is 17.1 Å². The number of rotatable bonds is 1. The van der Waals surface area contributed by atoms with Gasteiger partial charge in [-0.1, -0.05) is 32.1 Å². The van der Waals surface area contributed by atoms with Gasteiger partial charge in [-0.05, 0) is 79.2 Å². The van der Waals surface area contributed by atoms with Crippen LogP contribution in [0.25, 0.3) is 17.1 Å². The summed E-state index contributed by atoms with van der Waals surface area (Å²) < 4.78 is 0. The van der Waals surface area contributed by atoms with Crippen molar-refractivity contribution < 1.29 is 9.90 Å². The molecule has 2 aromatic rings. The van der Waals surface area contributed by atoms with Gasteiger partial charge in [0.1, 0.15) is 0 Å². The predicted octanol–water partition coefficient (Wildman–Crippen LogP) is 4.62. The first kappa shape index (κ1) is 21.0. The summed E-state index contributed by atoms with van der Waals surface area (Å²) >= 11 is 0. The molecule has 172 valence electrons. The van der Waals surface area contributed by atoms with Crippen LogP contribution >= 0.6 is 0 Å². The van der Waals surface area contributed by atoms with Gasteiger partial charge in [0.25, 0.3) is 0 Å². The molecule has 0 saturated heterocycles. The number of aliphatic hydroxyl groups excluding tert-OH is 1. The molecule has 7 atom stereocenters. The quantitative estimate of drug-likeness (QED) is 0.698. The van der Waals surface area contributed by atoms with E-state index < -0.39 is 6.10 Å². The van der Waals surface area contributed by atoms with Gasteiger partial charge >= 0.3 is 0 Å². The number of hydrogen-bond donors (Lipinski definition) is 1. The average molecular weight is 444 g/mol. The third-order valence-electron chi connectivity index (χ3n) is 9.84. The molecule has 2 heterocycles. The molecule has 1 aromatic carbocycles. The van der Waals surface area contributed by atoms with E-state index in [2.05, 4.69) is 48.1 Å². The van der Waals surface area contributed by atoms with Crippen molar-refractivity contribution in [3.8, 4) is 0 Å². The minimum absolute atomic E-state index is 0.0291. The molecule has 0 spiro atoms. The number of aliphatic hydroxyl groups is 1. The molecule has 33 heavy (non-hydrogen) atoms. The van der Waals surface area contributed by atoms with Crippen molar-refractivity contribution in [3.63, 3.8) is 0 Å². The van der Waals surface area contributed by atoms with Crippen molar-refractivity contribution >= 4 is 23.0 Å². The van der Waals surface area contributed by atoms with E-state index in [1.165, 1.54) is 0 Å². The van der Waals surface area contributed by atoms with E-state index in [1.54, 1.807) is 18.5 Å². The van der Waals surface area contributed by atoms with Crippen molar-refractivity contribution in [2.24, 2.45) is 28.6 Å². The molecule has 6 rings (SSSR count). The molecular weight excluding hydrogens is 410 g/mol. The zero-order valence-electron chi connectivity index (χ0n) is 19.7. The number of hydrogen-bond acceptors (Lipinski definition) is 4. The molecule has 1 aromatic heterocycles. The predicted molar refractivity (Wildman–Crippen MR) is 129 cm³/mol. The van der Waals surface area contributed by atoms with E-state index in [4.69, 9.17) is 0 Å². The normalized spacial score (nSPS) is 41.2. The maximum atomic E-state index is 12.3. The number of amides is 1. The largest absolute Gasteiger partial charge is 0.388 e. The lowest BCUT2D eigenvalue weighted by molar-refractivity contribution is -0.140. The van der Waals surface area contributed by atoms with E-state index >= 15 is 0 Å². The van der Waals surface area contributed by atoms with E-state index in [1.807, 2.05) is 18.0 Å². The highest BCUT2D eigenvalue weighted by atomic mass is 16.3. The minimum atomic E-state index is -0.405. The molecule has 3 fully saturated rings. The highest BCUT2D eigenvalue weighted by Gasteiger charge is 2.61. The Morgan fingerprint density at radius 2 is 1.88 bits per heavy atom. The summed E-state index contributed by atoms with van der Waals surface area (Å²) in [5.41, 5.74) is 3.97. The van der Waals surface area contributed by atoms with Crippen LogP contribution in [0.5, 0.6) is 0 Å². The Balaban J connectivity index is 1.33. The Labute approximate surface area is 195 Å². The summed E-state index contributed by atoms with van der Waals surface area (Å²) in [5.74, 6) is 1.76. The number of nitrogens with zero attached hydrogens (tertiary/aromatic N) is 3. The number of likely N-dealkylation sites (N-methyl/N-ethyl adjacent to an activating group) is 1. The van der Waals surface area contributed by atoms with Crippen molar-refractivity contribution in [2.75, 3.05) is 7.05 Å². The summed E-state index contributed by atoms with van der Waals surface area (Å²) in [6.07, 6.45) is 14.5. The Hall–Kier alpha value is -2.53. The third-order valence-corrected chi connectivity index (χ3v) is 9.84. The first-order valence-electron chi connectivity index (χ1n) is 12.4. The van der Waals surface area contributed by atoms with Gasteiger partial charge in [0.2, 0.25) is 5.91 Å². The van der Waals surface area contributed by atoms with Crippen LogP contribution in [0, 0.1) is 28.6 Å².